The number of likely N-dealkylation sites (tertiary alicyclic amines) is 1. The van der Waals surface area contributed by atoms with Crippen molar-refractivity contribution >= 4 is 40.0 Å². The zero-order chi connectivity index (χ0) is 19.7. The topological polar surface area (TPSA) is 90.2 Å². The molecule has 1 unspecified atom stereocenters. The lowest BCUT2D eigenvalue weighted by Crippen LogP contribution is -2.45. The average Bonchev–Trinajstić information content (AvgIpc) is 3.35. The molecular weight excluding hydrogens is 493 g/mol. The summed E-state index contributed by atoms with van der Waals surface area (Å²) >= 11 is 0. The van der Waals surface area contributed by atoms with Crippen LogP contribution in [0.5, 0.6) is 0 Å². The number of nitrogens with zero attached hydrogens (tertiary/aromatic N) is 3. The van der Waals surface area contributed by atoms with E-state index in [1.807, 2.05) is 26.0 Å². The van der Waals surface area contributed by atoms with Crippen molar-refractivity contribution in [3.8, 4) is 0 Å². The minimum absolute atomic E-state index is 0. The first-order chi connectivity index (χ1) is 13.0. The van der Waals surface area contributed by atoms with Crippen LogP contribution in [0.2, 0.25) is 0 Å². The summed E-state index contributed by atoms with van der Waals surface area (Å²) in [7, 11) is -1.55. The van der Waals surface area contributed by atoms with Gasteiger partial charge in [-0.15, -0.1) is 24.0 Å². The number of hydrogen-bond donors (Lipinski definition) is 2. The summed E-state index contributed by atoms with van der Waals surface area (Å²) < 4.78 is 31.6. The van der Waals surface area contributed by atoms with E-state index in [-0.39, 0.29) is 35.8 Å². The van der Waals surface area contributed by atoms with Gasteiger partial charge in [-0.05, 0) is 38.1 Å². The molecule has 0 spiro atoms. The Morgan fingerprint density at radius 2 is 1.96 bits per heavy atom. The van der Waals surface area contributed by atoms with Gasteiger partial charge in [0.2, 0.25) is 10.0 Å². The highest BCUT2D eigenvalue weighted by atomic mass is 127. The Labute approximate surface area is 186 Å². The van der Waals surface area contributed by atoms with E-state index in [0.29, 0.717) is 32.1 Å². The van der Waals surface area contributed by atoms with Crippen LogP contribution in [-0.4, -0.2) is 75.7 Å². The molecule has 10 heteroatoms. The number of hydrogen-bond acceptors (Lipinski definition) is 5. The fourth-order valence-electron chi connectivity index (χ4n) is 3.40. The van der Waals surface area contributed by atoms with E-state index < -0.39 is 10.0 Å². The fourth-order valence-corrected chi connectivity index (χ4v) is 4.81. The highest BCUT2D eigenvalue weighted by molar-refractivity contribution is 14.0. The molecule has 2 N–H and O–H groups in total. The van der Waals surface area contributed by atoms with Gasteiger partial charge in [0.25, 0.3) is 0 Å². The van der Waals surface area contributed by atoms with Gasteiger partial charge in [-0.3, -0.25) is 9.89 Å². The predicted octanol–water partition coefficient (Wildman–Crippen LogP) is 1.87. The molecule has 1 atom stereocenters. The van der Waals surface area contributed by atoms with Gasteiger partial charge in [0, 0.05) is 33.2 Å². The Bertz CT molecular complexity index is 671. The molecule has 1 fully saturated rings. The molecule has 0 radical (unpaired) electrons. The number of furan rings is 1. The van der Waals surface area contributed by atoms with Crippen LogP contribution >= 0.6 is 24.0 Å². The Hall–Kier alpha value is -0.850. The van der Waals surface area contributed by atoms with Gasteiger partial charge < -0.3 is 15.1 Å². The highest BCUT2D eigenvalue weighted by Crippen LogP contribution is 2.24. The summed E-state index contributed by atoms with van der Waals surface area (Å²) in [5, 5.41) is 6.41. The Morgan fingerprint density at radius 3 is 2.50 bits per heavy atom. The minimum Gasteiger partial charge on any atom is -0.468 e. The second kappa shape index (κ2) is 12.7. The Balaban J connectivity index is 0.00000392. The summed E-state index contributed by atoms with van der Waals surface area (Å²) in [4.78, 5) is 6.62. The molecule has 8 nitrogen and oxygen atoms in total. The van der Waals surface area contributed by atoms with Crippen molar-refractivity contribution in [3.63, 3.8) is 0 Å². The van der Waals surface area contributed by atoms with Gasteiger partial charge >= 0.3 is 0 Å². The van der Waals surface area contributed by atoms with Crippen LogP contribution in [-0.2, 0) is 10.0 Å². The van der Waals surface area contributed by atoms with Crippen molar-refractivity contribution in [1.29, 1.82) is 0 Å². The molecule has 0 aromatic carbocycles. The van der Waals surface area contributed by atoms with Gasteiger partial charge in [0.05, 0.1) is 18.1 Å². The quantitative estimate of drug-likeness (QED) is 0.275. The molecule has 0 bridgehead atoms. The lowest BCUT2D eigenvalue weighted by atomic mass is 10.2. The molecule has 2 heterocycles. The van der Waals surface area contributed by atoms with Gasteiger partial charge in [-0.25, -0.2) is 12.7 Å². The van der Waals surface area contributed by atoms with Gasteiger partial charge in [-0.2, -0.15) is 0 Å². The second-order valence-electron chi connectivity index (χ2n) is 6.55. The van der Waals surface area contributed by atoms with Crippen molar-refractivity contribution in [2.45, 2.75) is 32.7 Å². The largest absolute Gasteiger partial charge is 0.468 e. The normalized spacial score (nSPS) is 16.8. The van der Waals surface area contributed by atoms with Crippen LogP contribution < -0.4 is 10.6 Å². The third kappa shape index (κ3) is 7.20. The smallest absolute Gasteiger partial charge is 0.215 e. The first kappa shape index (κ1) is 25.2. The molecule has 0 saturated carbocycles. The number of nitrogens with one attached hydrogen (secondary N) is 2. The van der Waals surface area contributed by atoms with Crippen molar-refractivity contribution in [3.05, 3.63) is 24.2 Å². The monoisotopic (exact) mass is 527 g/mol. The second-order valence-corrected chi connectivity index (χ2v) is 8.64. The van der Waals surface area contributed by atoms with E-state index in [4.69, 9.17) is 4.42 Å². The van der Waals surface area contributed by atoms with E-state index in [1.54, 1.807) is 13.3 Å². The maximum atomic E-state index is 12.3. The Morgan fingerprint density at radius 1 is 1.29 bits per heavy atom. The van der Waals surface area contributed by atoms with Gasteiger partial charge in [0.1, 0.15) is 5.76 Å². The number of guanidine groups is 1. The van der Waals surface area contributed by atoms with Crippen LogP contribution in [0, 0.1) is 0 Å². The third-order valence-corrected chi connectivity index (χ3v) is 6.91. The summed E-state index contributed by atoms with van der Waals surface area (Å²) in [5.41, 5.74) is 0. The predicted molar refractivity (Wildman–Crippen MR) is 124 cm³/mol. The van der Waals surface area contributed by atoms with Crippen LogP contribution in [0.3, 0.4) is 0 Å². The maximum absolute atomic E-state index is 12.3. The molecule has 1 aliphatic rings. The molecule has 1 aliphatic heterocycles. The maximum Gasteiger partial charge on any atom is 0.215 e. The lowest BCUT2D eigenvalue weighted by molar-refractivity contribution is 0.215. The fraction of sp³-hybridized carbons (Fsp3) is 0.722. The third-order valence-electron chi connectivity index (χ3n) is 4.89. The summed E-state index contributed by atoms with van der Waals surface area (Å²) in [6, 6.07) is 4.04. The summed E-state index contributed by atoms with van der Waals surface area (Å²) in [5.74, 6) is 1.58. The van der Waals surface area contributed by atoms with E-state index in [0.717, 1.165) is 18.8 Å². The van der Waals surface area contributed by atoms with Crippen molar-refractivity contribution in [2.75, 3.05) is 52.1 Å². The molecule has 162 valence electrons. The van der Waals surface area contributed by atoms with Crippen LogP contribution in [0.15, 0.2) is 27.8 Å². The summed E-state index contributed by atoms with van der Waals surface area (Å²) in [6.45, 7) is 7.76. The lowest BCUT2D eigenvalue weighted by Gasteiger charge is -2.26. The standard InChI is InChI=1S/C18H33N5O3S.HI/c1-4-23(5-2)27(24,25)14-10-20-18(19-3)21-15-16(17-9-8-13-26-17)22-11-6-7-12-22;/h8-9,13,16H,4-7,10-12,14-15H2,1-3H3,(H2,19,20,21);1H. The van der Waals surface area contributed by atoms with Gasteiger partial charge in [-0.1, -0.05) is 13.8 Å². The molecule has 0 aliphatic carbocycles. The average molecular weight is 527 g/mol. The molecule has 1 aromatic rings. The number of aliphatic imine (C=N–C) groups is 1. The first-order valence-corrected chi connectivity index (χ1v) is 11.3. The number of rotatable bonds is 10. The van der Waals surface area contributed by atoms with Crippen LogP contribution in [0.4, 0.5) is 0 Å². The van der Waals surface area contributed by atoms with E-state index in [1.165, 1.54) is 17.1 Å². The zero-order valence-corrected chi connectivity index (χ0v) is 20.2. The van der Waals surface area contributed by atoms with Crippen molar-refractivity contribution in [2.24, 2.45) is 4.99 Å². The molecule has 0 amide bonds. The van der Waals surface area contributed by atoms with Crippen LogP contribution in [0.25, 0.3) is 0 Å². The molecule has 2 rings (SSSR count). The van der Waals surface area contributed by atoms with Crippen molar-refractivity contribution in [1.82, 2.24) is 19.8 Å². The van der Waals surface area contributed by atoms with E-state index in [9.17, 15) is 8.42 Å². The van der Waals surface area contributed by atoms with E-state index in [2.05, 4.69) is 20.5 Å². The molecule has 1 saturated heterocycles. The zero-order valence-electron chi connectivity index (χ0n) is 17.1. The minimum atomic E-state index is -3.24. The molecular formula is C18H34IN5O3S. The Kier molecular flexibility index (Phi) is 11.4. The number of sulfonamides is 1. The first-order valence-electron chi connectivity index (χ1n) is 9.71. The number of halogens is 1. The van der Waals surface area contributed by atoms with Crippen LogP contribution in [0.1, 0.15) is 38.5 Å². The van der Waals surface area contributed by atoms with Gasteiger partial charge in [0.15, 0.2) is 5.96 Å². The molecule has 28 heavy (non-hydrogen) atoms. The highest BCUT2D eigenvalue weighted by Gasteiger charge is 2.25. The van der Waals surface area contributed by atoms with E-state index >= 15 is 0 Å². The molecule has 1 aromatic heterocycles. The SMILES string of the molecule is CCN(CC)S(=O)(=O)CCNC(=NC)NCC(c1ccco1)N1CCCC1.I. The van der Waals surface area contributed by atoms with Crippen molar-refractivity contribution < 1.29 is 12.8 Å². The summed E-state index contributed by atoms with van der Waals surface area (Å²) in [6.07, 6.45) is 4.10.